The summed E-state index contributed by atoms with van der Waals surface area (Å²) in [6, 6.07) is 0.267. The Morgan fingerprint density at radius 2 is 2.22 bits per heavy atom. The summed E-state index contributed by atoms with van der Waals surface area (Å²) in [5.41, 5.74) is 5.54. The first-order chi connectivity index (χ1) is 8.50. The van der Waals surface area contributed by atoms with Crippen molar-refractivity contribution in [3.63, 3.8) is 0 Å². The minimum Gasteiger partial charge on any atom is -0.486 e. The number of nitrogens with two attached hydrogens (primary N) is 1. The molecular formula is C11H11BrFNO4. The first kappa shape index (κ1) is 13.1. The fourth-order valence-corrected chi connectivity index (χ4v) is 2.13. The summed E-state index contributed by atoms with van der Waals surface area (Å²) in [6.07, 6.45) is -0.160. The van der Waals surface area contributed by atoms with Gasteiger partial charge < -0.3 is 20.3 Å². The zero-order chi connectivity index (χ0) is 13.3. The maximum atomic E-state index is 14.0. The third-order valence-electron chi connectivity index (χ3n) is 2.56. The Labute approximate surface area is 111 Å². The van der Waals surface area contributed by atoms with Crippen LogP contribution in [0.5, 0.6) is 11.5 Å². The van der Waals surface area contributed by atoms with Gasteiger partial charge in [0.2, 0.25) is 0 Å². The summed E-state index contributed by atoms with van der Waals surface area (Å²) in [4.78, 5) is 10.7. The summed E-state index contributed by atoms with van der Waals surface area (Å²) >= 11 is 3.05. The van der Waals surface area contributed by atoms with Crippen LogP contribution in [0, 0.1) is 5.82 Å². The van der Waals surface area contributed by atoms with E-state index in [1.807, 2.05) is 0 Å². The van der Waals surface area contributed by atoms with E-state index in [0.29, 0.717) is 19.0 Å². The summed E-state index contributed by atoms with van der Waals surface area (Å²) in [5, 5.41) is 8.78. The van der Waals surface area contributed by atoms with E-state index < -0.39 is 17.8 Å². The lowest BCUT2D eigenvalue weighted by Gasteiger charge is -2.22. The number of halogens is 2. The molecule has 0 saturated heterocycles. The summed E-state index contributed by atoms with van der Waals surface area (Å²) in [6.45, 7) is 0.666. The quantitative estimate of drug-likeness (QED) is 0.878. The van der Waals surface area contributed by atoms with Crippen LogP contribution < -0.4 is 15.2 Å². The second-order valence-electron chi connectivity index (χ2n) is 3.82. The average molecular weight is 320 g/mol. The topological polar surface area (TPSA) is 81.8 Å². The maximum absolute atomic E-state index is 14.0. The van der Waals surface area contributed by atoms with Crippen LogP contribution in [0.2, 0.25) is 0 Å². The lowest BCUT2D eigenvalue weighted by atomic mass is 10.0. The third-order valence-corrected chi connectivity index (χ3v) is 3.14. The van der Waals surface area contributed by atoms with Crippen LogP contribution >= 0.6 is 15.9 Å². The molecule has 5 nitrogen and oxygen atoms in total. The first-order valence-corrected chi connectivity index (χ1v) is 6.05. The Balaban J connectivity index is 2.43. The van der Waals surface area contributed by atoms with Gasteiger partial charge in [0.05, 0.1) is 4.47 Å². The summed E-state index contributed by atoms with van der Waals surface area (Å²) in [7, 11) is 0. The van der Waals surface area contributed by atoms with Crippen molar-refractivity contribution in [1.82, 2.24) is 0 Å². The predicted molar refractivity (Wildman–Crippen MR) is 64.4 cm³/mol. The molecule has 0 radical (unpaired) electrons. The van der Waals surface area contributed by atoms with Crippen LogP contribution in [0.4, 0.5) is 4.39 Å². The van der Waals surface area contributed by atoms with E-state index in [9.17, 15) is 9.18 Å². The van der Waals surface area contributed by atoms with Gasteiger partial charge in [-0.25, -0.2) is 4.39 Å². The zero-order valence-corrected chi connectivity index (χ0v) is 10.9. The van der Waals surface area contributed by atoms with Crippen LogP contribution in [0.3, 0.4) is 0 Å². The van der Waals surface area contributed by atoms with E-state index in [4.69, 9.17) is 20.3 Å². The smallest absolute Gasteiger partial charge is 0.320 e. The largest absolute Gasteiger partial charge is 0.486 e. The molecule has 3 N–H and O–H groups in total. The molecule has 1 heterocycles. The Morgan fingerprint density at radius 1 is 1.56 bits per heavy atom. The fraction of sp³-hybridized carbons (Fsp3) is 0.364. The monoisotopic (exact) mass is 319 g/mol. The Morgan fingerprint density at radius 3 is 2.89 bits per heavy atom. The van der Waals surface area contributed by atoms with E-state index in [-0.39, 0.29) is 22.2 Å². The van der Waals surface area contributed by atoms with Gasteiger partial charge in [0.15, 0.2) is 11.5 Å². The molecule has 1 aliphatic rings. The lowest BCUT2D eigenvalue weighted by molar-refractivity contribution is -0.138. The van der Waals surface area contributed by atoms with Crippen LogP contribution in [-0.4, -0.2) is 30.3 Å². The van der Waals surface area contributed by atoms with E-state index >= 15 is 0 Å². The molecule has 0 bridgehead atoms. The van der Waals surface area contributed by atoms with Crippen molar-refractivity contribution in [2.75, 3.05) is 13.2 Å². The Bertz CT molecular complexity index is 494. The average Bonchev–Trinajstić information content (AvgIpc) is 2.34. The second-order valence-corrected chi connectivity index (χ2v) is 4.68. The van der Waals surface area contributed by atoms with Crippen molar-refractivity contribution in [3.05, 3.63) is 21.9 Å². The molecule has 98 valence electrons. The van der Waals surface area contributed by atoms with Crippen molar-refractivity contribution in [1.29, 1.82) is 0 Å². The molecule has 0 fully saturated rings. The summed E-state index contributed by atoms with van der Waals surface area (Å²) in [5.74, 6) is -1.14. The molecule has 0 spiro atoms. The maximum Gasteiger partial charge on any atom is 0.320 e. The SMILES string of the molecule is NC(Cc1c(F)c(Br)cc2c1OCCO2)C(=O)O. The number of hydrogen-bond acceptors (Lipinski definition) is 4. The van der Waals surface area contributed by atoms with Gasteiger partial charge in [-0.05, 0) is 15.9 Å². The van der Waals surface area contributed by atoms with E-state index in [1.165, 1.54) is 6.07 Å². The van der Waals surface area contributed by atoms with Crippen molar-refractivity contribution in [2.24, 2.45) is 5.73 Å². The number of carboxylic acid groups (broad SMARTS) is 1. The highest BCUT2D eigenvalue weighted by molar-refractivity contribution is 9.10. The second kappa shape index (κ2) is 5.11. The number of ether oxygens (including phenoxy) is 2. The van der Waals surface area contributed by atoms with Gasteiger partial charge in [-0.1, -0.05) is 0 Å². The van der Waals surface area contributed by atoms with Crippen LogP contribution in [0.25, 0.3) is 0 Å². The van der Waals surface area contributed by atoms with Gasteiger partial charge >= 0.3 is 5.97 Å². The Hall–Kier alpha value is -1.34. The number of fused-ring (bicyclic) bond motifs is 1. The third kappa shape index (κ3) is 2.41. The van der Waals surface area contributed by atoms with Crippen molar-refractivity contribution in [2.45, 2.75) is 12.5 Å². The van der Waals surface area contributed by atoms with Gasteiger partial charge in [-0.2, -0.15) is 0 Å². The molecule has 0 aliphatic carbocycles. The minimum absolute atomic E-state index is 0.119. The van der Waals surface area contributed by atoms with E-state index in [2.05, 4.69) is 15.9 Å². The molecule has 0 saturated carbocycles. The lowest BCUT2D eigenvalue weighted by Crippen LogP contribution is -2.33. The highest BCUT2D eigenvalue weighted by Gasteiger charge is 2.25. The van der Waals surface area contributed by atoms with Crippen molar-refractivity contribution < 1.29 is 23.8 Å². The van der Waals surface area contributed by atoms with E-state index in [1.54, 1.807) is 0 Å². The zero-order valence-electron chi connectivity index (χ0n) is 9.28. The number of benzene rings is 1. The molecular weight excluding hydrogens is 309 g/mol. The van der Waals surface area contributed by atoms with Gasteiger partial charge in [-0.15, -0.1) is 0 Å². The molecule has 1 aliphatic heterocycles. The number of carboxylic acids is 1. The molecule has 7 heteroatoms. The molecule has 1 aromatic carbocycles. The number of aliphatic carboxylic acids is 1. The van der Waals surface area contributed by atoms with Gasteiger partial charge in [0.25, 0.3) is 0 Å². The molecule has 0 aromatic heterocycles. The number of hydrogen-bond donors (Lipinski definition) is 2. The van der Waals surface area contributed by atoms with Gasteiger partial charge in [0, 0.05) is 18.1 Å². The molecule has 0 amide bonds. The minimum atomic E-state index is -1.19. The van der Waals surface area contributed by atoms with Crippen LogP contribution in [0.15, 0.2) is 10.5 Å². The summed E-state index contributed by atoms with van der Waals surface area (Å²) < 4.78 is 24.8. The van der Waals surface area contributed by atoms with Crippen LogP contribution in [-0.2, 0) is 11.2 Å². The predicted octanol–water partition coefficient (Wildman–Crippen LogP) is 1.31. The molecule has 1 aromatic rings. The number of rotatable bonds is 3. The normalized spacial score (nSPS) is 15.3. The molecule has 1 unspecified atom stereocenters. The standard InChI is InChI=1S/C11H11BrFNO4/c12-6-4-8-10(18-2-1-17-8)5(9(6)13)3-7(14)11(15)16/h4,7H,1-3,14H2,(H,15,16). The molecule has 1 atom stereocenters. The first-order valence-electron chi connectivity index (χ1n) is 5.25. The molecule has 2 rings (SSSR count). The molecule has 18 heavy (non-hydrogen) atoms. The van der Waals surface area contributed by atoms with E-state index in [0.717, 1.165) is 0 Å². The highest BCUT2D eigenvalue weighted by Crippen LogP contribution is 2.39. The Kier molecular flexibility index (Phi) is 3.72. The van der Waals surface area contributed by atoms with Gasteiger partial charge in [0.1, 0.15) is 25.1 Å². The van der Waals surface area contributed by atoms with Crippen LogP contribution in [0.1, 0.15) is 5.56 Å². The van der Waals surface area contributed by atoms with Crippen molar-refractivity contribution in [3.8, 4) is 11.5 Å². The van der Waals surface area contributed by atoms with Gasteiger partial charge in [-0.3, -0.25) is 4.79 Å². The fourth-order valence-electron chi connectivity index (χ4n) is 1.69. The van der Waals surface area contributed by atoms with Crippen molar-refractivity contribution >= 4 is 21.9 Å². The number of carbonyl (C=O) groups is 1. The highest BCUT2D eigenvalue weighted by atomic mass is 79.9.